The minimum absolute atomic E-state index is 0.0613. The number of benzene rings is 1. The second-order valence-corrected chi connectivity index (χ2v) is 5.73. The molecule has 0 N–H and O–H groups in total. The van der Waals surface area contributed by atoms with E-state index < -0.39 is 0 Å². The molecule has 0 aliphatic carbocycles. The van der Waals surface area contributed by atoms with Gasteiger partial charge in [-0.3, -0.25) is 9.69 Å². The average molecular weight is 289 g/mol. The molecule has 6 heteroatoms. The number of fused-ring (bicyclic) bond motifs is 1. The van der Waals surface area contributed by atoms with Crippen LogP contribution in [0.3, 0.4) is 0 Å². The number of aliphatic imine (C=N–C) groups is 1. The van der Waals surface area contributed by atoms with Gasteiger partial charge >= 0.3 is 0 Å². The van der Waals surface area contributed by atoms with Crippen molar-refractivity contribution in [1.29, 1.82) is 0 Å². The number of rotatable bonds is 1. The van der Waals surface area contributed by atoms with Crippen molar-refractivity contribution >= 4 is 50.5 Å². The Hall–Kier alpha value is -1.66. The molecule has 0 saturated heterocycles. The van der Waals surface area contributed by atoms with Crippen LogP contribution in [0.4, 0.5) is 0 Å². The van der Waals surface area contributed by atoms with Gasteiger partial charge in [0.2, 0.25) is 0 Å². The smallest absolute Gasteiger partial charge is 0.278 e. The molecule has 0 unspecified atom stereocenters. The quantitative estimate of drug-likeness (QED) is 0.758. The monoisotopic (exact) mass is 289 g/mol. The summed E-state index contributed by atoms with van der Waals surface area (Å²) in [6, 6.07) is 5.94. The van der Waals surface area contributed by atoms with Crippen LogP contribution in [0.25, 0.3) is 16.3 Å². The van der Waals surface area contributed by atoms with Crippen molar-refractivity contribution in [3.8, 4) is 0 Å². The molecule has 0 saturated carbocycles. The van der Waals surface area contributed by atoms with Crippen LogP contribution in [-0.2, 0) is 4.79 Å². The number of thiazole rings is 1. The van der Waals surface area contributed by atoms with Crippen molar-refractivity contribution in [2.24, 2.45) is 4.99 Å². The lowest BCUT2D eigenvalue weighted by atomic mass is 10.2. The Morgan fingerprint density at radius 3 is 3.00 bits per heavy atom. The average Bonchev–Trinajstić information content (AvgIpc) is 2.98. The van der Waals surface area contributed by atoms with Gasteiger partial charge in [-0.25, -0.2) is 9.98 Å². The Morgan fingerprint density at radius 1 is 1.42 bits per heavy atom. The normalized spacial score (nSPS) is 17.6. The van der Waals surface area contributed by atoms with E-state index in [9.17, 15) is 4.79 Å². The zero-order valence-electron chi connectivity index (χ0n) is 10.5. The summed E-state index contributed by atoms with van der Waals surface area (Å²) >= 11 is 3.06. The van der Waals surface area contributed by atoms with E-state index in [0.29, 0.717) is 5.70 Å². The second-order valence-electron chi connectivity index (χ2n) is 4.07. The molecule has 2 aromatic rings. The van der Waals surface area contributed by atoms with Gasteiger partial charge in [0.15, 0.2) is 5.17 Å². The first kappa shape index (κ1) is 12.4. The predicted molar refractivity (Wildman–Crippen MR) is 81.3 cm³/mol. The number of hydrogen-bond donors (Lipinski definition) is 0. The molecule has 1 aromatic carbocycles. The van der Waals surface area contributed by atoms with Gasteiger partial charge in [-0.15, -0.1) is 11.3 Å². The third kappa shape index (κ3) is 2.17. The van der Waals surface area contributed by atoms with E-state index in [4.69, 9.17) is 0 Å². The zero-order chi connectivity index (χ0) is 13.4. The molecule has 2 heterocycles. The number of thioether (sulfide) groups is 1. The lowest BCUT2D eigenvalue weighted by molar-refractivity contribution is -0.121. The van der Waals surface area contributed by atoms with Gasteiger partial charge in [-0.1, -0.05) is 17.8 Å². The molecule has 19 heavy (non-hydrogen) atoms. The van der Waals surface area contributed by atoms with Crippen molar-refractivity contribution in [2.45, 2.75) is 0 Å². The maximum absolute atomic E-state index is 12.0. The Morgan fingerprint density at radius 2 is 2.26 bits per heavy atom. The van der Waals surface area contributed by atoms with Gasteiger partial charge < -0.3 is 0 Å². The largest absolute Gasteiger partial charge is 0.289 e. The number of carbonyl (C=O) groups excluding carboxylic acids is 1. The van der Waals surface area contributed by atoms with E-state index >= 15 is 0 Å². The molecule has 1 aromatic heterocycles. The number of amides is 1. The van der Waals surface area contributed by atoms with Crippen LogP contribution < -0.4 is 0 Å². The Bertz CT molecular complexity index is 718. The summed E-state index contributed by atoms with van der Waals surface area (Å²) in [5.74, 6) is -0.0613. The Balaban J connectivity index is 2.01. The number of likely N-dealkylation sites (N-methyl/N-ethyl adjacent to an activating group) is 1. The summed E-state index contributed by atoms with van der Waals surface area (Å²) < 4.78 is 1.11. The maximum atomic E-state index is 12.0. The second kappa shape index (κ2) is 4.79. The summed E-state index contributed by atoms with van der Waals surface area (Å²) in [4.78, 5) is 22.2. The van der Waals surface area contributed by atoms with Crippen molar-refractivity contribution in [3.05, 3.63) is 35.0 Å². The van der Waals surface area contributed by atoms with Crippen molar-refractivity contribution < 1.29 is 4.79 Å². The first-order valence-electron chi connectivity index (χ1n) is 5.65. The molecule has 1 aliphatic heterocycles. The third-order valence-electron chi connectivity index (χ3n) is 2.87. The van der Waals surface area contributed by atoms with Crippen LogP contribution in [0.15, 0.2) is 34.4 Å². The van der Waals surface area contributed by atoms with Crippen molar-refractivity contribution in [1.82, 2.24) is 9.88 Å². The van der Waals surface area contributed by atoms with Gasteiger partial charge in [0.05, 0.1) is 15.7 Å². The lowest BCUT2D eigenvalue weighted by Crippen LogP contribution is -2.25. The molecule has 0 radical (unpaired) electrons. The number of nitrogens with zero attached hydrogens (tertiary/aromatic N) is 3. The first-order valence-corrected chi connectivity index (χ1v) is 7.75. The predicted octanol–water partition coefficient (Wildman–Crippen LogP) is 2.83. The van der Waals surface area contributed by atoms with E-state index in [2.05, 4.69) is 9.98 Å². The highest BCUT2D eigenvalue weighted by Gasteiger charge is 2.25. The first-order chi connectivity index (χ1) is 9.19. The Kier molecular flexibility index (Phi) is 3.12. The topological polar surface area (TPSA) is 45.6 Å². The lowest BCUT2D eigenvalue weighted by Gasteiger charge is -2.07. The van der Waals surface area contributed by atoms with Gasteiger partial charge in [0.25, 0.3) is 5.91 Å². The highest BCUT2D eigenvalue weighted by atomic mass is 32.2. The number of amidine groups is 1. The fraction of sp³-hybridized carbons (Fsp3) is 0.154. The van der Waals surface area contributed by atoms with E-state index in [1.54, 1.807) is 23.3 Å². The molecular weight excluding hydrogens is 278 g/mol. The van der Waals surface area contributed by atoms with Gasteiger partial charge in [0.1, 0.15) is 5.70 Å². The molecule has 3 rings (SSSR count). The summed E-state index contributed by atoms with van der Waals surface area (Å²) in [6.45, 7) is 0. The standard InChI is InChI=1S/C13H11N3OS2/c1-16-12(17)10(15-13(16)18-2)5-8-3-4-9-11(6-8)19-7-14-9/h3-7H,1-2H3/b10-5-. The fourth-order valence-corrected chi connectivity index (χ4v) is 3.15. The van der Waals surface area contributed by atoms with E-state index in [1.807, 2.05) is 36.0 Å². The van der Waals surface area contributed by atoms with Gasteiger partial charge in [-0.2, -0.15) is 0 Å². The van der Waals surface area contributed by atoms with E-state index in [1.165, 1.54) is 11.8 Å². The third-order valence-corrected chi connectivity index (χ3v) is 4.39. The Labute approximate surface area is 118 Å². The van der Waals surface area contributed by atoms with Crippen LogP contribution >= 0.6 is 23.1 Å². The van der Waals surface area contributed by atoms with Crippen LogP contribution in [0.2, 0.25) is 0 Å². The SMILES string of the molecule is CSC1=N/C(=C\c2ccc3ncsc3c2)C(=O)N1C. The van der Waals surface area contributed by atoms with Crippen molar-refractivity contribution in [2.75, 3.05) is 13.3 Å². The van der Waals surface area contributed by atoms with E-state index in [-0.39, 0.29) is 5.91 Å². The molecule has 4 nitrogen and oxygen atoms in total. The summed E-state index contributed by atoms with van der Waals surface area (Å²) in [5, 5.41) is 0.732. The fourth-order valence-electron chi connectivity index (χ4n) is 1.88. The maximum Gasteiger partial charge on any atom is 0.278 e. The molecule has 0 spiro atoms. The zero-order valence-corrected chi connectivity index (χ0v) is 12.1. The molecule has 0 atom stereocenters. The molecule has 96 valence electrons. The van der Waals surface area contributed by atoms with Gasteiger partial charge in [-0.05, 0) is 30.0 Å². The summed E-state index contributed by atoms with van der Waals surface area (Å²) in [7, 11) is 1.74. The minimum Gasteiger partial charge on any atom is -0.289 e. The minimum atomic E-state index is -0.0613. The molecule has 1 amide bonds. The van der Waals surface area contributed by atoms with Crippen molar-refractivity contribution in [3.63, 3.8) is 0 Å². The summed E-state index contributed by atoms with van der Waals surface area (Å²) in [6.07, 6.45) is 3.73. The molecule has 1 aliphatic rings. The van der Waals surface area contributed by atoms with Crippen LogP contribution in [0.5, 0.6) is 0 Å². The number of hydrogen-bond acceptors (Lipinski definition) is 5. The molecule has 0 fully saturated rings. The molecular formula is C13H11N3OS2. The highest BCUT2D eigenvalue weighted by molar-refractivity contribution is 8.13. The van der Waals surface area contributed by atoms with Crippen LogP contribution in [0, 0.1) is 0 Å². The van der Waals surface area contributed by atoms with E-state index in [0.717, 1.165) is 20.9 Å². The van der Waals surface area contributed by atoms with Crippen LogP contribution in [0.1, 0.15) is 5.56 Å². The van der Waals surface area contributed by atoms with Gasteiger partial charge in [0, 0.05) is 7.05 Å². The van der Waals surface area contributed by atoms with Crippen LogP contribution in [-0.4, -0.2) is 34.3 Å². The number of carbonyl (C=O) groups is 1. The highest BCUT2D eigenvalue weighted by Crippen LogP contribution is 2.24. The molecule has 0 bridgehead atoms. The number of aromatic nitrogens is 1. The summed E-state index contributed by atoms with van der Waals surface area (Å²) in [5.41, 5.74) is 4.26.